The predicted octanol–water partition coefficient (Wildman–Crippen LogP) is 5.06. The fraction of sp³-hybridized carbons (Fsp3) is 0.360. The Bertz CT molecular complexity index is 1300. The number of ether oxygens (including phenoxy) is 1. The molecule has 168 valence electrons. The van der Waals surface area contributed by atoms with Crippen LogP contribution >= 0.6 is 11.3 Å². The lowest BCUT2D eigenvalue weighted by Gasteiger charge is -2.21. The topological polar surface area (TPSA) is 83.3 Å². The number of nitriles is 1. The van der Waals surface area contributed by atoms with Gasteiger partial charge in [0.15, 0.2) is 0 Å². The van der Waals surface area contributed by atoms with Gasteiger partial charge in [-0.1, -0.05) is 0 Å². The van der Waals surface area contributed by atoms with Gasteiger partial charge in [-0.2, -0.15) is 5.26 Å². The average Bonchev–Trinajstić information content (AvgIpc) is 3.49. The maximum absolute atomic E-state index is 14.4. The highest BCUT2D eigenvalue weighted by Gasteiger charge is 2.31. The first-order valence-corrected chi connectivity index (χ1v) is 11.8. The quantitative estimate of drug-likeness (QED) is 0.494. The number of benzene rings is 1. The summed E-state index contributed by atoms with van der Waals surface area (Å²) < 4.78 is 21.4. The number of aryl methyl sites for hydroxylation is 1. The van der Waals surface area contributed by atoms with Crippen LogP contribution in [-0.2, 0) is 16.1 Å². The number of thiophene rings is 1. The summed E-state index contributed by atoms with van der Waals surface area (Å²) >= 11 is 1.46. The number of aromatic nitrogens is 1. The van der Waals surface area contributed by atoms with Crippen LogP contribution in [0.15, 0.2) is 30.5 Å². The summed E-state index contributed by atoms with van der Waals surface area (Å²) in [5.41, 5.74) is 3.56. The monoisotopic (exact) mass is 463 g/mol. The molecular formula is C25H22FN3O3S. The van der Waals surface area contributed by atoms with Crippen molar-refractivity contribution < 1.29 is 18.7 Å². The normalized spacial score (nSPS) is 20.6. The number of amides is 2. The molecule has 1 saturated heterocycles. The molecule has 2 atom stereocenters. The molecule has 2 aliphatic rings. The molecule has 2 aromatic heterocycles. The van der Waals surface area contributed by atoms with Gasteiger partial charge in [0.25, 0.3) is 0 Å². The number of alkyl halides is 1. The summed E-state index contributed by atoms with van der Waals surface area (Å²) in [6.07, 6.45) is 2.64. The number of carbonyl (C=O) groups excluding carboxylic acids is 2. The van der Waals surface area contributed by atoms with E-state index in [9.17, 15) is 19.2 Å². The lowest BCUT2D eigenvalue weighted by Crippen LogP contribution is -2.27. The molecule has 2 fully saturated rings. The zero-order chi connectivity index (χ0) is 23.1. The molecule has 0 bridgehead atoms. The van der Waals surface area contributed by atoms with E-state index >= 15 is 0 Å². The molecule has 0 unspecified atom stereocenters. The number of imide groups is 1. The summed E-state index contributed by atoms with van der Waals surface area (Å²) in [5.74, 6) is 0.267. The largest absolute Gasteiger partial charge is 0.486 e. The van der Waals surface area contributed by atoms with Crippen LogP contribution in [0.25, 0.3) is 21.3 Å². The van der Waals surface area contributed by atoms with E-state index in [1.165, 1.54) is 16.2 Å². The second-order valence-electron chi connectivity index (χ2n) is 8.54. The van der Waals surface area contributed by atoms with Crippen molar-refractivity contribution in [3.8, 4) is 22.9 Å². The number of nitrogens with zero attached hydrogens (tertiary/aromatic N) is 3. The third-order valence-electron chi connectivity index (χ3n) is 6.27. The van der Waals surface area contributed by atoms with Crippen LogP contribution in [0, 0.1) is 18.3 Å². The Morgan fingerprint density at radius 2 is 2.00 bits per heavy atom. The van der Waals surface area contributed by atoms with Gasteiger partial charge in [-0.3, -0.25) is 19.5 Å². The fourth-order valence-electron chi connectivity index (χ4n) is 4.59. The lowest BCUT2D eigenvalue weighted by molar-refractivity contribution is -0.138. The van der Waals surface area contributed by atoms with Crippen LogP contribution in [0.2, 0.25) is 0 Å². The van der Waals surface area contributed by atoms with Crippen molar-refractivity contribution in [2.45, 2.75) is 57.8 Å². The van der Waals surface area contributed by atoms with Gasteiger partial charge in [-0.15, -0.1) is 11.3 Å². The highest BCUT2D eigenvalue weighted by Crippen LogP contribution is 2.42. The van der Waals surface area contributed by atoms with E-state index in [1.807, 2.05) is 19.1 Å². The number of fused-ring (bicyclic) bond motifs is 1. The van der Waals surface area contributed by atoms with Gasteiger partial charge >= 0.3 is 0 Å². The van der Waals surface area contributed by atoms with E-state index in [0.29, 0.717) is 24.2 Å². The maximum atomic E-state index is 14.4. The van der Waals surface area contributed by atoms with Crippen molar-refractivity contribution in [2.24, 2.45) is 0 Å². The fourth-order valence-corrected chi connectivity index (χ4v) is 5.72. The number of hydrogen-bond acceptors (Lipinski definition) is 6. The number of rotatable bonds is 5. The Morgan fingerprint density at radius 1 is 1.21 bits per heavy atom. The molecule has 5 rings (SSSR count). The minimum Gasteiger partial charge on any atom is -0.486 e. The van der Waals surface area contributed by atoms with Crippen molar-refractivity contribution in [1.29, 1.82) is 5.26 Å². The van der Waals surface area contributed by atoms with Crippen molar-refractivity contribution in [2.75, 3.05) is 0 Å². The SMILES string of the molecule is Cc1cc(C#N)cc(-c2ccnc3cc(CN4C(=O)CCC4=O)sc23)c1O[C@@H]1CCC[C@@H]1F. The lowest BCUT2D eigenvalue weighted by atomic mass is 9.99. The molecular weight excluding hydrogens is 441 g/mol. The molecule has 33 heavy (non-hydrogen) atoms. The minimum atomic E-state index is -1.01. The third-order valence-corrected chi connectivity index (χ3v) is 7.41. The van der Waals surface area contributed by atoms with Crippen molar-refractivity contribution in [3.05, 3.63) is 46.5 Å². The second-order valence-corrected chi connectivity index (χ2v) is 9.68. The summed E-state index contributed by atoms with van der Waals surface area (Å²) in [6, 6.07) is 9.47. The number of halogens is 1. The van der Waals surface area contributed by atoms with Crippen molar-refractivity contribution in [1.82, 2.24) is 9.88 Å². The van der Waals surface area contributed by atoms with Gasteiger partial charge in [0.2, 0.25) is 11.8 Å². The Morgan fingerprint density at radius 3 is 2.70 bits per heavy atom. The number of carbonyl (C=O) groups is 2. The smallest absolute Gasteiger partial charge is 0.230 e. The molecule has 1 aliphatic carbocycles. The minimum absolute atomic E-state index is 0.156. The van der Waals surface area contributed by atoms with E-state index in [0.717, 1.165) is 38.2 Å². The van der Waals surface area contributed by atoms with E-state index in [4.69, 9.17) is 4.74 Å². The molecule has 0 N–H and O–H groups in total. The van der Waals surface area contributed by atoms with Crippen LogP contribution < -0.4 is 4.74 Å². The molecule has 3 heterocycles. The molecule has 0 spiro atoms. The zero-order valence-corrected chi connectivity index (χ0v) is 19.0. The Balaban J connectivity index is 1.59. The number of hydrogen-bond donors (Lipinski definition) is 0. The summed E-state index contributed by atoms with van der Waals surface area (Å²) in [4.78, 5) is 30.7. The van der Waals surface area contributed by atoms with Gasteiger partial charge < -0.3 is 4.74 Å². The van der Waals surface area contributed by atoms with E-state index < -0.39 is 12.3 Å². The van der Waals surface area contributed by atoms with Gasteiger partial charge in [-0.25, -0.2) is 4.39 Å². The standard InChI is InChI=1S/C25H22FN3O3S/c1-14-9-15(12-27)10-18(24(14)32-21-4-2-3-19(21)26)17-7-8-28-20-11-16(33-25(17)20)13-29-22(30)5-6-23(29)31/h7-11,19,21H,2-6,13H2,1H3/t19-,21+/m0/s1. The van der Waals surface area contributed by atoms with Crippen LogP contribution in [0.1, 0.15) is 48.1 Å². The van der Waals surface area contributed by atoms with Crippen molar-refractivity contribution in [3.63, 3.8) is 0 Å². The number of pyridine rings is 1. The Hall–Kier alpha value is -3.31. The van der Waals surface area contributed by atoms with Crippen molar-refractivity contribution >= 4 is 33.4 Å². The zero-order valence-electron chi connectivity index (χ0n) is 18.1. The van der Waals surface area contributed by atoms with Gasteiger partial charge in [0.05, 0.1) is 28.4 Å². The van der Waals surface area contributed by atoms with Crippen LogP contribution in [0.5, 0.6) is 5.75 Å². The van der Waals surface area contributed by atoms with E-state index in [1.54, 1.807) is 18.3 Å². The summed E-state index contributed by atoms with van der Waals surface area (Å²) in [5, 5.41) is 9.55. The highest BCUT2D eigenvalue weighted by atomic mass is 32.1. The molecule has 0 radical (unpaired) electrons. The Labute approximate surface area is 194 Å². The van der Waals surface area contributed by atoms with E-state index in [2.05, 4.69) is 11.1 Å². The third kappa shape index (κ3) is 3.98. The van der Waals surface area contributed by atoms with Crippen LogP contribution in [0.3, 0.4) is 0 Å². The summed E-state index contributed by atoms with van der Waals surface area (Å²) in [6.45, 7) is 2.09. The Kier molecular flexibility index (Phi) is 5.59. The molecule has 3 aromatic rings. The molecule has 1 saturated carbocycles. The first-order chi connectivity index (χ1) is 15.9. The van der Waals surface area contributed by atoms with Crippen LogP contribution in [0.4, 0.5) is 4.39 Å². The number of likely N-dealkylation sites (tertiary alicyclic amines) is 1. The molecule has 2 amide bonds. The van der Waals surface area contributed by atoms with E-state index in [-0.39, 0.29) is 31.2 Å². The molecule has 1 aliphatic heterocycles. The van der Waals surface area contributed by atoms with Gasteiger partial charge in [-0.05, 0) is 56.0 Å². The molecule has 8 heteroatoms. The second kappa shape index (κ2) is 8.56. The van der Waals surface area contributed by atoms with Gasteiger partial charge in [0.1, 0.15) is 18.0 Å². The van der Waals surface area contributed by atoms with Gasteiger partial charge in [0, 0.05) is 35.0 Å². The molecule has 6 nitrogen and oxygen atoms in total. The maximum Gasteiger partial charge on any atom is 0.230 e. The molecule has 1 aromatic carbocycles. The predicted molar refractivity (Wildman–Crippen MR) is 122 cm³/mol. The first kappa shape index (κ1) is 21.5. The summed E-state index contributed by atoms with van der Waals surface area (Å²) in [7, 11) is 0. The first-order valence-electron chi connectivity index (χ1n) is 11.0. The average molecular weight is 464 g/mol. The highest BCUT2D eigenvalue weighted by molar-refractivity contribution is 7.19. The van der Waals surface area contributed by atoms with Crippen LogP contribution in [-0.4, -0.2) is 34.0 Å².